The number of carbonyl (C=O) groups is 6. The molecule has 3 fully saturated rings. The maximum atomic E-state index is 16.8. The minimum atomic E-state index is -3.13. The minimum Gasteiger partial charge on any atom is -0.456 e. The van der Waals surface area contributed by atoms with Crippen LogP contribution in [0.2, 0.25) is 34.8 Å². The van der Waals surface area contributed by atoms with Crippen LogP contribution in [0.3, 0.4) is 0 Å². The first-order chi connectivity index (χ1) is 39.1. The summed E-state index contributed by atoms with van der Waals surface area (Å²) < 4.78 is 48.1. The maximum Gasteiger partial charge on any atom is 0.338 e. The number of rotatable bonds is 23. The van der Waals surface area contributed by atoms with E-state index in [1.807, 2.05) is 24.3 Å². The van der Waals surface area contributed by atoms with Crippen LogP contribution in [0.15, 0.2) is 121 Å². The summed E-state index contributed by atoms with van der Waals surface area (Å²) in [4.78, 5) is 90.6. The summed E-state index contributed by atoms with van der Waals surface area (Å²) in [5.41, 5.74) is -5.66. The van der Waals surface area contributed by atoms with Gasteiger partial charge in [-0.25, -0.2) is 14.4 Å². The molecule has 4 aliphatic rings. The standard InChI is InChI=1S/C66H89NO14Si2/c1-17-30-45-31-28-29-36-48(45)54(67-60(71)46-32-24-22-25-33-46)56(81-83(40(6)7,41(8)9)42(10)11)62(73)77-49-38-66(74)59(78-61(72)47-34-26-23-27-35-47)57-64(16,58(70)55(76-44(13)68)53(43(49)12)63(66,14)15)50(80-82(19-3,20-4)21-5)37-51-65(57,39-75-51)79-52(69)18-2/h17-18,22-29,31-36,40-42,49-51,54-57,59,74H,1-2,19-21,30,37-39H2,3-16H3,(H,67,71)/t49-,50-,51+,54-,55+,56+,57-,59-,64+,65-,66+/m0/s1. The molecule has 3 aromatic rings. The number of amides is 1. The number of allylic oxidation sites excluding steroid dienone is 1. The van der Waals surface area contributed by atoms with Gasteiger partial charge in [-0.2, -0.15) is 0 Å². The molecule has 3 aliphatic carbocycles. The Morgan fingerprint density at radius 1 is 0.807 bits per heavy atom. The van der Waals surface area contributed by atoms with Crippen molar-refractivity contribution in [3.63, 3.8) is 0 Å². The summed E-state index contributed by atoms with van der Waals surface area (Å²) in [6, 6.07) is 25.2. The Balaban J connectivity index is 1.54. The summed E-state index contributed by atoms with van der Waals surface area (Å²) in [6.45, 7) is 34.1. The SMILES string of the molecule is C=CCc1ccccc1[C@H](NC(=O)c1ccccc1)[C@@H](O[Si](C(C)C)(C(C)C)C(C)C)C(=O)O[C@H]1C[C@@]2(O)[C@@H](OC(=O)c3ccccc3)[C@@H]3[C@]4(OC(=O)C=C)CO[C@@H]4C[C@H](O[Si](CC)(CC)CC)[C@@]3(C)C(=O)[C@H](OC(C)=O)C(=C1C)C2(C)C. The first kappa shape index (κ1) is 64.7. The van der Waals surface area contributed by atoms with Gasteiger partial charge in [0, 0.05) is 36.8 Å². The Morgan fingerprint density at radius 2 is 1.37 bits per heavy atom. The van der Waals surface area contributed by atoms with Crippen molar-refractivity contribution >= 4 is 52.2 Å². The van der Waals surface area contributed by atoms with E-state index in [0.717, 1.165) is 11.6 Å². The number of nitrogens with one attached hydrogen (secondary N) is 1. The molecule has 7 rings (SSSR count). The van der Waals surface area contributed by atoms with Crippen molar-refractivity contribution in [3.8, 4) is 0 Å². The molecule has 3 aromatic carbocycles. The van der Waals surface area contributed by atoms with Gasteiger partial charge in [-0.1, -0.05) is 149 Å². The molecule has 2 bridgehead atoms. The van der Waals surface area contributed by atoms with Crippen LogP contribution < -0.4 is 5.32 Å². The van der Waals surface area contributed by atoms with Gasteiger partial charge >= 0.3 is 23.9 Å². The van der Waals surface area contributed by atoms with Gasteiger partial charge in [-0.15, -0.1) is 6.58 Å². The van der Waals surface area contributed by atoms with Crippen molar-refractivity contribution in [1.29, 1.82) is 0 Å². The Morgan fingerprint density at radius 3 is 1.89 bits per heavy atom. The minimum absolute atomic E-state index is 0.0530. The molecule has 1 amide bonds. The number of hydrogen-bond acceptors (Lipinski definition) is 14. The fourth-order valence-corrected chi connectivity index (χ4v) is 23.3. The number of ketones is 1. The second kappa shape index (κ2) is 25.4. The van der Waals surface area contributed by atoms with Gasteiger partial charge in [-0.05, 0) is 102 Å². The van der Waals surface area contributed by atoms with Crippen molar-refractivity contribution in [1.82, 2.24) is 5.32 Å². The lowest BCUT2D eigenvalue weighted by Crippen LogP contribution is -2.82. The number of carbonyl (C=O) groups excluding carboxylic acids is 6. The largest absolute Gasteiger partial charge is 0.456 e. The van der Waals surface area contributed by atoms with E-state index < -0.39 is 129 Å². The molecule has 1 heterocycles. The molecular formula is C66H89NO14Si2. The van der Waals surface area contributed by atoms with Gasteiger partial charge < -0.3 is 43.0 Å². The van der Waals surface area contributed by atoms with E-state index >= 15 is 14.4 Å². The van der Waals surface area contributed by atoms with Crippen LogP contribution in [0.1, 0.15) is 148 Å². The van der Waals surface area contributed by atoms with E-state index in [-0.39, 0.29) is 40.8 Å². The van der Waals surface area contributed by atoms with Gasteiger partial charge in [0.05, 0.1) is 35.6 Å². The number of esters is 4. The number of ether oxygens (including phenoxy) is 5. The zero-order chi connectivity index (χ0) is 61.2. The van der Waals surface area contributed by atoms with Gasteiger partial charge in [0.25, 0.3) is 5.91 Å². The zero-order valence-corrected chi connectivity index (χ0v) is 53.2. The molecular weight excluding hydrogens is 1090 g/mol. The average Bonchev–Trinajstić information content (AvgIpc) is 0.723. The summed E-state index contributed by atoms with van der Waals surface area (Å²) in [5, 5.41) is 17.9. The van der Waals surface area contributed by atoms with Gasteiger partial charge in [-0.3, -0.25) is 14.4 Å². The topological polar surface area (TPSA) is 199 Å². The highest BCUT2D eigenvalue weighted by Gasteiger charge is 2.79. The lowest BCUT2D eigenvalue weighted by molar-refractivity contribution is -0.344. The third kappa shape index (κ3) is 11.6. The second-order valence-corrected chi connectivity index (χ2v) is 35.0. The second-order valence-electron chi connectivity index (χ2n) is 24.9. The molecule has 15 nitrogen and oxygen atoms in total. The molecule has 17 heteroatoms. The summed E-state index contributed by atoms with van der Waals surface area (Å²) in [5.74, 6) is -6.04. The molecule has 1 saturated heterocycles. The van der Waals surface area contributed by atoms with Crippen molar-refractivity contribution in [2.45, 2.75) is 205 Å². The normalized spacial score (nSPS) is 27.4. The van der Waals surface area contributed by atoms with Crippen molar-refractivity contribution in [2.75, 3.05) is 6.61 Å². The number of benzene rings is 3. The molecule has 0 radical (unpaired) electrons. The number of fused-ring (bicyclic) bond motifs is 5. The molecule has 0 unspecified atom stereocenters. The molecule has 1 aliphatic heterocycles. The van der Waals surface area contributed by atoms with E-state index in [4.69, 9.17) is 32.5 Å². The van der Waals surface area contributed by atoms with Crippen molar-refractivity contribution in [3.05, 3.63) is 144 Å². The highest BCUT2D eigenvalue weighted by molar-refractivity contribution is 6.77. The quantitative estimate of drug-likeness (QED) is 0.0299. The highest BCUT2D eigenvalue weighted by atomic mass is 28.4. The van der Waals surface area contributed by atoms with Crippen LogP contribution in [0.25, 0.3) is 0 Å². The Bertz CT molecular complexity index is 2910. The van der Waals surface area contributed by atoms with Gasteiger partial charge in [0.1, 0.15) is 23.9 Å². The summed E-state index contributed by atoms with van der Waals surface area (Å²) in [6.07, 6.45) is -5.78. The smallest absolute Gasteiger partial charge is 0.338 e. The predicted octanol–water partition coefficient (Wildman–Crippen LogP) is 11.9. The Kier molecular flexibility index (Phi) is 19.8. The molecule has 2 N–H and O–H groups in total. The molecule has 0 aromatic heterocycles. The van der Waals surface area contributed by atoms with E-state index in [1.54, 1.807) is 94.4 Å². The molecule has 450 valence electrons. The summed E-state index contributed by atoms with van der Waals surface area (Å²) in [7, 11) is -5.83. The zero-order valence-electron chi connectivity index (χ0n) is 51.2. The van der Waals surface area contributed by atoms with Crippen LogP contribution in [-0.2, 0) is 58.1 Å². The van der Waals surface area contributed by atoms with Crippen LogP contribution >= 0.6 is 0 Å². The van der Waals surface area contributed by atoms with E-state index in [2.05, 4.69) is 80.8 Å². The molecule has 83 heavy (non-hydrogen) atoms. The van der Waals surface area contributed by atoms with E-state index in [0.29, 0.717) is 41.3 Å². The van der Waals surface area contributed by atoms with E-state index in [1.165, 1.54) is 6.92 Å². The third-order valence-corrected chi connectivity index (χ3v) is 30.2. The highest BCUT2D eigenvalue weighted by Crippen LogP contribution is 2.65. The molecule has 11 atom stereocenters. The number of hydrogen-bond donors (Lipinski definition) is 2. The number of aliphatic hydroxyl groups is 1. The van der Waals surface area contributed by atoms with Gasteiger partial charge in [0.15, 0.2) is 31.9 Å². The Labute approximate surface area is 493 Å². The van der Waals surface area contributed by atoms with Crippen LogP contribution in [0.5, 0.6) is 0 Å². The lowest BCUT2D eigenvalue weighted by Gasteiger charge is -2.68. The molecule has 0 spiro atoms. The first-order valence-corrected chi connectivity index (χ1v) is 34.3. The number of Topliss-reactive ketones (excluding diaryl/α,β-unsaturated/α-hetero) is 1. The van der Waals surface area contributed by atoms with Gasteiger partial charge in [0.2, 0.25) is 8.32 Å². The Hall–Kier alpha value is -5.83. The fraction of sp³-hybridized carbons (Fsp3) is 0.545. The van der Waals surface area contributed by atoms with Crippen LogP contribution in [-0.4, -0.2) is 112 Å². The maximum absolute atomic E-state index is 16.8. The lowest BCUT2D eigenvalue weighted by atomic mass is 9.44. The van der Waals surface area contributed by atoms with Crippen LogP contribution in [0.4, 0.5) is 0 Å². The summed E-state index contributed by atoms with van der Waals surface area (Å²) >= 11 is 0. The predicted molar refractivity (Wildman–Crippen MR) is 322 cm³/mol. The average molecular weight is 1180 g/mol. The van der Waals surface area contributed by atoms with E-state index in [9.17, 15) is 19.5 Å². The third-order valence-electron chi connectivity index (χ3n) is 19.5. The van der Waals surface area contributed by atoms with Crippen molar-refractivity contribution < 1.29 is 66.4 Å². The fourth-order valence-electron chi connectivity index (χ4n) is 14.8. The first-order valence-electron chi connectivity index (χ1n) is 29.6. The monoisotopic (exact) mass is 1180 g/mol. The van der Waals surface area contributed by atoms with Crippen LogP contribution in [0, 0.1) is 16.7 Å². The van der Waals surface area contributed by atoms with Crippen molar-refractivity contribution in [2.24, 2.45) is 16.7 Å². The molecule has 2 saturated carbocycles.